The van der Waals surface area contributed by atoms with Gasteiger partial charge in [-0.1, -0.05) is 78.9 Å². The molecule has 0 aromatic heterocycles. The zero-order valence-electron chi connectivity index (χ0n) is 17.5. The summed E-state index contributed by atoms with van der Waals surface area (Å²) in [7, 11) is 0. The molecular weight excluding hydrogens is 370 g/mol. The molecule has 0 spiro atoms. The predicted molar refractivity (Wildman–Crippen MR) is 123 cm³/mol. The van der Waals surface area contributed by atoms with E-state index in [0.717, 1.165) is 6.42 Å². The highest BCUT2D eigenvalue weighted by molar-refractivity contribution is 5.79. The summed E-state index contributed by atoms with van der Waals surface area (Å²) in [6, 6.07) is 23.0. The Labute approximate surface area is 178 Å². The maximum atomic E-state index is 12.2. The fourth-order valence-electron chi connectivity index (χ4n) is 4.07. The molecule has 3 aromatic rings. The number of nitrogens with one attached hydrogen (secondary N) is 1. The van der Waals surface area contributed by atoms with Crippen molar-refractivity contribution in [2.45, 2.75) is 26.2 Å². The van der Waals surface area contributed by atoms with Crippen LogP contribution in [0.5, 0.6) is 0 Å². The van der Waals surface area contributed by atoms with Crippen molar-refractivity contribution in [3.8, 4) is 11.1 Å². The van der Waals surface area contributed by atoms with Gasteiger partial charge in [0.15, 0.2) is 0 Å². The van der Waals surface area contributed by atoms with Crippen LogP contribution in [0, 0.1) is 13.8 Å². The molecule has 1 N–H and O–H groups in total. The van der Waals surface area contributed by atoms with Gasteiger partial charge in [-0.25, -0.2) is 4.79 Å². The summed E-state index contributed by atoms with van der Waals surface area (Å²) in [5.41, 5.74) is 8.71. The first kappa shape index (κ1) is 20.0. The molecular formula is C27H27NO2. The lowest BCUT2D eigenvalue weighted by Gasteiger charge is -2.14. The van der Waals surface area contributed by atoms with Gasteiger partial charge < -0.3 is 10.1 Å². The Morgan fingerprint density at radius 2 is 1.60 bits per heavy atom. The molecule has 0 bridgehead atoms. The highest BCUT2D eigenvalue weighted by Gasteiger charge is 2.28. The van der Waals surface area contributed by atoms with Crippen LogP contribution in [0.3, 0.4) is 0 Å². The van der Waals surface area contributed by atoms with E-state index >= 15 is 0 Å². The summed E-state index contributed by atoms with van der Waals surface area (Å²) >= 11 is 0. The molecule has 0 fully saturated rings. The van der Waals surface area contributed by atoms with Gasteiger partial charge >= 0.3 is 6.09 Å². The van der Waals surface area contributed by atoms with Crippen molar-refractivity contribution in [1.29, 1.82) is 0 Å². The van der Waals surface area contributed by atoms with Gasteiger partial charge in [0.05, 0.1) is 0 Å². The summed E-state index contributed by atoms with van der Waals surface area (Å²) in [5.74, 6) is 0.0901. The Bertz CT molecular complexity index is 1040. The Morgan fingerprint density at radius 1 is 0.933 bits per heavy atom. The van der Waals surface area contributed by atoms with Gasteiger partial charge in [0.1, 0.15) is 6.61 Å². The standard InChI is InChI=1S/C27H27NO2/c1-19-10-9-12-21(20(19)2)11-7-8-17-28-27(29)30-18-26-24-15-5-3-13-22(24)23-14-4-6-16-25(23)26/h3-7,9-16,26H,8,17-18H2,1-2H3,(H,28,29). The minimum Gasteiger partial charge on any atom is -0.449 e. The van der Waals surface area contributed by atoms with Crippen molar-refractivity contribution in [3.63, 3.8) is 0 Å². The number of hydrogen-bond donors (Lipinski definition) is 1. The maximum Gasteiger partial charge on any atom is 0.407 e. The summed E-state index contributed by atoms with van der Waals surface area (Å²) < 4.78 is 5.57. The Hall–Kier alpha value is -3.33. The van der Waals surface area contributed by atoms with Gasteiger partial charge in [0, 0.05) is 12.5 Å². The van der Waals surface area contributed by atoms with Crippen molar-refractivity contribution in [3.05, 3.63) is 101 Å². The van der Waals surface area contributed by atoms with E-state index in [4.69, 9.17) is 4.74 Å². The lowest BCUT2D eigenvalue weighted by Crippen LogP contribution is -2.26. The van der Waals surface area contributed by atoms with Crippen molar-refractivity contribution < 1.29 is 9.53 Å². The largest absolute Gasteiger partial charge is 0.449 e. The molecule has 1 amide bonds. The van der Waals surface area contributed by atoms with Crippen LogP contribution in [0.2, 0.25) is 0 Å². The van der Waals surface area contributed by atoms with Crippen LogP contribution < -0.4 is 5.32 Å². The van der Waals surface area contributed by atoms with E-state index in [-0.39, 0.29) is 12.0 Å². The van der Waals surface area contributed by atoms with Crippen LogP contribution in [-0.4, -0.2) is 19.2 Å². The first-order chi connectivity index (χ1) is 14.6. The first-order valence-electron chi connectivity index (χ1n) is 10.5. The van der Waals surface area contributed by atoms with Gasteiger partial charge in [-0.3, -0.25) is 0 Å². The Balaban J connectivity index is 1.28. The molecule has 1 aliphatic carbocycles. The number of amides is 1. The Kier molecular flexibility index (Phi) is 5.99. The average Bonchev–Trinajstić information content (AvgIpc) is 3.09. The number of benzene rings is 3. The highest BCUT2D eigenvalue weighted by Crippen LogP contribution is 2.44. The lowest BCUT2D eigenvalue weighted by atomic mass is 9.98. The summed E-state index contributed by atoms with van der Waals surface area (Å²) in [4.78, 5) is 12.2. The second-order valence-electron chi connectivity index (χ2n) is 7.73. The van der Waals surface area contributed by atoms with Gasteiger partial charge in [-0.2, -0.15) is 0 Å². The quantitative estimate of drug-likeness (QED) is 0.500. The van der Waals surface area contributed by atoms with E-state index in [2.05, 4.69) is 85.9 Å². The molecule has 0 heterocycles. The van der Waals surface area contributed by atoms with Crippen molar-refractivity contribution >= 4 is 12.2 Å². The topological polar surface area (TPSA) is 38.3 Å². The first-order valence-corrected chi connectivity index (χ1v) is 10.5. The third kappa shape index (κ3) is 4.16. The predicted octanol–water partition coefficient (Wildman–Crippen LogP) is 6.25. The second kappa shape index (κ2) is 9.00. The summed E-state index contributed by atoms with van der Waals surface area (Å²) in [6.45, 7) is 5.14. The minimum absolute atomic E-state index is 0.0901. The molecule has 3 heteroatoms. The summed E-state index contributed by atoms with van der Waals surface area (Å²) in [6.07, 6.45) is 4.60. The molecule has 0 saturated heterocycles. The number of carbonyl (C=O) groups excluding carboxylic acids is 1. The van der Waals surface area contributed by atoms with Crippen molar-refractivity contribution in [2.24, 2.45) is 0 Å². The number of aryl methyl sites for hydroxylation is 1. The van der Waals surface area contributed by atoms with Gasteiger partial charge in [0.25, 0.3) is 0 Å². The number of rotatable bonds is 6. The van der Waals surface area contributed by atoms with E-state index < -0.39 is 0 Å². The average molecular weight is 398 g/mol. The van der Waals surface area contributed by atoms with Crippen LogP contribution in [0.25, 0.3) is 17.2 Å². The fourth-order valence-corrected chi connectivity index (χ4v) is 4.07. The van der Waals surface area contributed by atoms with Crippen LogP contribution in [0.15, 0.2) is 72.8 Å². The molecule has 4 rings (SSSR count). The summed E-state index contributed by atoms with van der Waals surface area (Å²) in [5, 5.41) is 2.85. The van der Waals surface area contributed by atoms with E-state index in [9.17, 15) is 4.79 Å². The molecule has 0 aliphatic heterocycles. The number of alkyl carbamates (subject to hydrolysis) is 1. The van der Waals surface area contributed by atoms with E-state index in [1.165, 1.54) is 38.9 Å². The van der Waals surface area contributed by atoms with Gasteiger partial charge in [-0.05, 0) is 59.2 Å². The fraction of sp³-hybridized carbons (Fsp3) is 0.222. The van der Waals surface area contributed by atoms with Crippen LogP contribution in [0.1, 0.15) is 40.2 Å². The normalized spacial score (nSPS) is 12.6. The lowest BCUT2D eigenvalue weighted by molar-refractivity contribution is 0.143. The third-order valence-corrected chi connectivity index (χ3v) is 5.87. The van der Waals surface area contributed by atoms with Gasteiger partial charge in [0.2, 0.25) is 0 Å². The molecule has 1 aliphatic rings. The van der Waals surface area contributed by atoms with Crippen LogP contribution in [0.4, 0.5) is 4.79 Å². The number of carbonyl (C=O) groups is 1. The van der Waals surface area contributed by atoms with E-state index in [0.29, 0.717) is 13.2 Å². The highest BCUT2D eigenvalue weighted by atomic mass is 16.5. The van der Waals surface area contributed by atoms with Crippen molar-refractivity contribution in [2.75, 3.05) is 13.2 Å². The number of hydrogen-bond acceptors (Lipinski definition) is 2. The van der Waals surface area contributed by atoms with Crippen molar-refractivity contribution in [1.82, 2.24) is 5.32 Å². The zero-order valence-corrected chi connectivity index (χ0v) is 17.5. The molecule has 3 nitrogen and oxygen atoms in total. The zero-order chi connectivity index (χ0) is 20.9. The molecule has 0 atom stereocenters. The van der Waals surface area contributed by atoms with Gasteiger partial charge in [-0.15, -0.1) is 0 Å². The third-order valence-electron chi connectivity index (χ3n) is 5.87. The maximum absolute atomic E-state index is 12.2. The van der Waals surface area contributed by atoms with Crippen LogP contribution in [-0.2, 0) is 4.74 Å². The number of ether oxygens (including phenoxy) is 1. The van der Waals surface area contributed by atoms with E-state index in [1.807, 2.05) is 12.1 Å². The molecule has 152 valence electrons. The smallest absolute Gasteiger partial charge is 0.407 e. The van der Waals surface area contributed by atoms with Crippen LogP contribution >= 0.6 is 0 Å². The SMILES string of the molecule is Cc1cccc(C=CCCNC(=O)OCC2c3ccccc3-c3ccccc32)c1C. The Morgan fingerprint density at radius 3 is 2.30 bits per heavy atom. The van der Waals surface area contributed by atoms with E-state index in [1.54, 1.807) is 0 Å². The minimum atomic E-state index is -0.364. The molecule has 0 radical (unpaired) electrons. The molecule has 3 aromatic carbocycles. The molecule has 30 heavy (non-hydrogen) atoms. The second-order valence-corrected chi connectivity index (χ2v) is 7.73. The molecule has 0 saturated carbocycles. The number of fused-ring (bicyclic) bond motifs is 3. The monoisotopic (exact) mass is 397 g/mol. The molecule has 0 unspecified atom stereocenters.